The Morgan fingerprint density at radius 1 is 1.17 bits per heavy atom. The van der Waals surface area contributed by atoms with E-state index in [0.29, 0.717) is 5.02 Å². The van der Waals surface area contributed by atoms with Crippen molar-refractivity contribution in [2.24, 2.45) is 0 Å². The maximum absolute atomic E-state index is 6.28. The molecule has 0 aliphatic heterocycles. The second-order valence-electron chi connectivity index (χ2n) is 4.29. The van der Waals surface area contributed by atoms with Gasteiger partial charge in [0.05, 0.1) is 6.04 Å². The molecule has 0 aliphatic carbocycles. The molecule has 96 valence electrons. The van der Waals surface area contributed by atoms with Crippen molar-refractivity contribution in [2.75, 3.05) is 7.05 Å². The molecule has 4 heteroatoms. The average molecular weight is 300 g/mol. The largest absolute Gasteiger partial charge is 0.309 e. The molecule has 18 heavy (non-hydrogen) atoms. The minimum absolute atomic E-state index is 0.0925. The van der Waals surface area contributed by atoms with E-state index in [0.717, 1.165) is 10.6 Å². The highest BCUT2D eigenvalue weighted by atomic mass is 35.5. The molecular weight excluding hydrogens is 285 g/mol. The van der Waals surface area contributed by atoms with E-state index in [1.165, 1.54) is 15.3 Å². The van der Waals surface area contributed by atoms with Gasteiger partial charge in [0.15, 0.2) is 0 Å². The van der Waals surface area contributed by atoms with E-state index in [-0.39, 0.29) is 6.04 Å². The SMILES string of the molecule is CNC(c1cc(Cl)ccc1Cl)c1sc(C)cc1C. The lowest BCUT2D eigenvalue weighted by Gasteiger charge is -2.18. The van der Waals surface area contributed by atoms with E-state index in [2.05, 4.69) is 25.2 Å². The molecule has 1 unspecified atom stereocenters. The van der Waals surface area contributed by atoms with Crippen molar-refractivity contribution < 1.29 is 0 Å². The molecule has 0 saturated carbocycles. The maximum Gasteiger partial charge on any atom is 0.0686 e. The normalized spacial score (nSPS) is 12.7. The Morgan fingerprint density at radius 2 is 1.89 bits per heavy atom. The minimum atomic E-state index is 0.0925. The van der Waals surface area contributed by atoms with Crippen LogP contribution in [0.1, 0.15) is 26.9 Å². The average Bonchev–Trinajstić information content (AvgIpc) is 2.64. The van der Waals surface area contributed by atoms with E-state index in [1.807, 2.05) is 25.2 Å². The molecule has 0 saturated heterocycles. The first kappa shape index (κ1) is 13.9. The van der Waals surface area contributed by atoms with Crippen LogP contribution >= 0.6 is 34.5 Å². The van der Waals surface area contributed by atoms with Crippen LogP contribution in [0.3, 0.4) is 0 Å². The molecule has 0 amide bonds. The fourth-order valence-electron chi connectivity index (χ4n) is 2.11. The van der Waals surface area contributed by atoms with Crippen LogP contribution in [0.5, 0.6) is 0 Å². The summed E-state index contributed by atoms with van der Waals surface area (Å²) in [6.45, 7) is 4.25. The molecule has 1 N–H and O–H groups in total. The van der Waals surface area contributed by atoms with E-state index < -0.39 is 0 Å². The third-order valence-electron chi connectivity index (χ3n) is 2.90. The lowest BCUT2D eigenvalue weighted by atomic mass is 10.0. The van der Waals surface area contributed by atoms with Crippen LogP contribution in [0.25, 0.3) is 0 Å². The van der Waals surface area contributed by atoms with Crippen molar-refractivity contribution in [1.29, 1.82) is 0 Å². The van der Waals surface area contributed by atoms with Crippen LogP contribution in [0.4, 0.5) is 0 Å². The van der Waals surface area contributed by atoms with Gasteiger partial charge in [-0.25, -0.2) is 0 Å². The summed E-state index contributed by atoms with van der Waals surface area (Å²) in [5, 5.41) is 4.77. The Kier molecular flexibility index (Phi) is 4.33. The molecule has 0 bridgehead atoms. The van der Waals surface area contributed by atoms with Gasteiger partial charge in [0.25, 0.3) is 0 Å². The Bertz CT molecular complexity index is 563. The molecule has 2 rings (SSSR count). The Hall–Kier alpha value is -0.540. The van der Waals surface area contributed by atoms with Crippen molar-refractivity contribution in [3.05, 3.63) is 55.2 Å². The summed E-state index contributed by atoms with van der Waals surface area (Å²) in [4.78, 5) is 2.60. The molecule has 1 aromatic carbocycles. The molecule has 1 heterocycles. The predicted molar refractivity (Wildman–Crippen MR) is 81.2 cm³/mol. The van der Waals surface area contributed by atoms with E-state index >= 15 is 0 Å². The molecule has 1 aromatic heterocycles. The quantitative estimate of drug-likeness (QED) is 0.843. The standard InChI is InChI=1S/C14H15Cl2NS/c1-8-6-9(2)18-14(8)13(17-3)11-7-10(15)4-5-12(11)16/h4-7,13,17H,1-3H3. The monoisotopic (exact) mass is 299 g/mol. The molecule has 0 fully saturated rings. The molecule has 1 nitrogen and oxygen atoms in total. The molecule has 0 radical (unpaired) electrons. The summed E-state index contributed by atoms with van der Waals surface area (Å²) in [7, 11) is 1.94. The second-order valence-corrected chi connectivity index (χ2v) is 6.42. The van der Waals surface area contributed by atoms with E-state index in [1.54, 1.807) is 11.3 Å². The molecule has 2 aromatic rings. The minimum Gasteiger partial charge on any atom is -0.309 e. The Balaban J connectivity index is 2.51. The van der Waals surface area contributed by atoms with Crippen LogP contribution in [-0.2, 0) is 0 Å². The van der Waals surface area contributed by atoms with Gasteiger partial charge in [-0.2, -0.15) is 0 Å². The number of rotatable bonds is 3. The van der Waals surface area contributed by atoms with Gasteiger partial charge in [0.2, 0.25) is 0 Å². The second kappa shape index (κ2) is 5.62. The zero-order chi connectivity index (χ0) is 13.3. The molecule has 1 atom stereocenters. The highest BCUT2D eigenvalue weighted by molar-refractivity contribution is 7.12. The predicted octanol–water partition coefficient (Wildman–Crippen LogP) is 4.98. The van der Waals surface area contributed by atoms with Gasteiger partial charge in [-0.1, -0.05) is 23.2 Å². The van der Waals surface area contributed by atoms with Gasteiger partial charge in [-0.05, 0) is 56.3 Å². The maximum atomic E-state index is 6.28. The lowest BCUT2D eigenvalue weighted by Crippen LogP contribution is -2.17. The first-order valence-electron chi connectivity index (χ1n) is 5.72. The Morgan fingerprint density at radius 3 is 2.44 bits per heavy atom. The van der Waals surface area contributed by atoms with Crippen molar-refractivity contribution in [3.63, 3.8) is 0 Å². The zero-order valence-corrected chi connectivity index (χ0v) is 12.9. The van der Waals surface area contributed by atoms with E-state index in [9.17, 15) is 0 Å². The molecule has 0 spiro atoms. The number of hydrogen-bond donors (Lipinski definition) is 1. The van der Waals surface area contributed by atoms with Crippen LogP contribution in [0.15, 0.2) is 24.3 Å². The van der Waals surface area contributed by atoms with Gasteiger partial charge in [-0.3, -0.25) is 0 Å². The summed E-state index contributed by atoms with van der Waals surface area (Å²) in [5.41, 5.74) is 2.31. The zero-order valence-electron chi connectivity index (χ0n) is 10.6. The van der Waals surface area contributed by atoms with Gasteiger partial charge in [0, 0.05) is 19.8 Å². The third-order valence-corrected chi connectivity index (χ3v) is 4.70. The summed E-state index contributed by atoms with van der Waals surface area (Å²) in [6.07, 6.45) is 0. The number of aryl methyl sites for hydroxylation is 2. The fourth-order valence-corrected chi connectivity index (χ4v) is 3.68. The van der Waals surface area contributed by atoms with Crippen LogP contribution in [-0.4, -0.2) is 7.05 Å². The third kappa shape index (κ3) is 2.72. The van der Waals surface area contributed by atoms with Gasteiger partial charge in [0.1, 0.15) is 0 Å². The summed E-state index contributed by atoms with van der Waals surface area (Å²) in [5.74, 6) is 0. The van der Waals surface area contributed by atoms with Crippen LogP contribution in [0.2, 0.25) is 10.0 Å². The Labute approximate surface area is 122 Å². The number of benzene rings is 1. The summed E-state index contributed by atoms with van der Waals surface area (Å²) >= 11 is 14.1. The number of halogens is 2. The first-order chi connectivity index (χ1) is 8.52. The van der Waals surface area contributed by atoms with Gasteiger partial charge >= 0.3 is 0 Å². The van der Waals surface area contributed by atoms with Gasteiger partial charge in [-0.15, -0.1) is 11.3 Å². The van der Waals surface area contributed by atoms with Crippen LogP contribution in [0, 0.1) is 13.8 Å². The smallest absolute Gasteiger partial charge is 0.0686 e. The summed E-state index contributed by atoms with van der Waals surface area (Å²) < 4.78 is 0. The number of hydrogen-bond acceptors (Lipinski definition) is 2. The fraction of sp³-hybridized carbons (Fsp3) is 0.286. The van der Waals surface area contributed by atoms with E-state index in [4.69, 9.17) is 23.2 Å². The highest BCUT2D eigenvalue weighted by Gasteiger charge is 2.19. The topological polar surface area (TPSA) is 12.0 Å². The number of thiophene rings is 1. The molecular formula is C14H15Cl2NS. The van der Waals surface area contributed by atoms with Crippen LogP contribution < -0.4 is 5.32 Å². The van der Waals surface area contributed by atoms with Crippen molar-refractivity contribution in [2.45, 2.75) is 19.9 Å². The summed E-state index contributed by atoms with van der Waals surface area (Å²) in [6, 6.07) is 7.88. The number of nitrogens with one attached hydrogen (secondary N) is 1. The lowest BCUT2D eigenvalue weighted by molar-refractivity contribution is 0.700. The first-order valence-corrected chi connectivity index (χ1v) is 7.29. The molecule has 0 aliphatic rings. The van der Waals surface area contributed by atoms with Crippen molar-refractivity contribution in [1.82, 2.24) is 5.32 Å². The highest BCUT2D eigenvalue weighted by Crippen LogP contribution is 2.35. The van der Waals surface area contributed by atoms with Crippen molar-refractivity contribution >= 4 is 34.5 Å². The van der Waals surface area contributed by atoms with Gasteiger partial charge < -0.3 is 5.32 Å². The van der Waals surface area contributed by atoms with Crippen molar-refractivity contribution in [3.8, 4) is 0 Å².